The van der Waals surface area contributed by atoms with Crippen molar-refractivity contribution in [3.05, 3.63) is 0 Å². The molecule has 3 nitrogen and oxygen atoms in total. The second kappa shape index (κ2) is 7.61. The Morgan fingerprint density at radius 3 is 2.79 bits per heavy atom. The molecule has 19 heavy (non-hydrogen) atoms. The van der Waals surface area contributed by atoms with Crippen LogP contribution in [0.25, 0.3) is 0 Å². The van der Waals surface area contributed by atoms with Crippen molar-refractivity contribution in [2.45, 2.75) is 57.5 Å². The highest BCUT2D eigenvalue weighted by Crippen LogP contribution is 2.28. The molecule has 3 heteroatoms. The molecule has 0 aromatic rings. The van der Waals surface area contributed by atoms with Gasteiger partial charge in [0.15, 0.2) is 0 Å². The highest BCUT2D eigenvalue weighted by Gasteiger charge is 2.27. The second-order valence-corrected chi connectivity index (χ2v) is 6.68. The molecule has 0 radical (unpaired) electrons. The Balaban J connectivity index is 1.71. The molecule has 3 atom stereocenters. The lowest BCUT2D eigenvalue weighted by molar-refractivity contribution is 0.127. The van der Waals surface area contributed by atoms with Crippen LogP contribution in [-0.4, -0.2) is 62.2 Å². The van der Waals surface area contributed by atoms with E-state index in [0.717, 1.165) is 24.5 Å². The first-order valence-corrected chi connectivity index (χ1v) is 8.33. The zero-order chi connectivity index (χ0) is 13.7. The van der Waals surface area contributed by atoms with E-state index in [9.17, 15) is 0 Å². The van der Waals surface area contributed by atoms with Gasteiger partial charge < -0.3 is 15.1 Å². The van der Waals surface area contributed by atoms with Crippen LogP contribution in [0.2, 0.25) is 0 Å². The molecule has 0 aromatic heterocycles. The van der Waals surface area contributed by atoms with E-state index in [2.05, 4.69) is 36.1 Å². The van der Waals surface area contributed by atoms with Gasteiger partial charge in [0.05, 0.1) is 0 Å². The van der Waals surface area contributed by atoms with E-state index in [1.165, 1.54) is 58.2 Å². The predicted molar refractivity (Wildman–Crippen MR) is 82.6 cm³/mol. The van der Waals surface area contributed by atoms with Crippen LogP contribution in [0, 0.1) is 5.92 Å². The van der Waals surface area contributed by atoms with Crippen molar-refractivity contribution in [2.75, 3.05) is 40.3 Å². The minimum atomic E-state index is 0.790. The fourth-order valence-corrected chi connectivity index (χ4v) is 3.96. The Kier molecular flexibility index (Phi) is 6.11. The average molecular weight is 267 g/mol. The molecular formula is C16H33N3. The van der Waals surface area contributed by atoms with Crippen LogP contribution < -0.4 is 5.32 Å². The summed E-state index contributed by atoms with van der Waals surface area (Å²) < 4.78 is 0. The number of hydrogen-bond acceptors (Lipinski definition) is 3. The number of rotatable bonds is 6. The average Bonchev–Trinajstić information content (AvgIpc) is 2.84. The van der Waals surface area contributed by atoms with E-state index in [1.54, 1.807) is 0 Å². The van der Waals surface area contributed by atoms with Crippen molar-refractivity contribution in [3.8, 4) is 0 Å². The van der Waals surface area contributed by atoms with Crippen molar-refractivity contribution in [2.24, 2.45) is 5.92 Å². The Morgan fingerprint density at radius 2 is 2.05 bits per heavy atom. The minimum absolute atomic E-state index is 0.790. The Bertz CT molecular complexity index is 256. The molecule has 1 saturated heterocycles. The molecule has 0 bridgehead atoms. The van der Waals surface area contributed by atoms with Crippen LogP contribution >= 0.6 is 0 Å². The summed E-state index contributed by atoms with van der Waals surface area (Å²) in [7, 11) is 4.60. The molecule has 2 rings (SSSR count). The topological polar surface area (TPSA) is 18.5 Å². The number of likely N-dealkylation sites (N-methyl/N-ethyl adjacent to an activating group) is 2. The third kappa shape index (κ3) is 4.44. The molecule has 1 heterocycles. The first kappa shape index (κ1) is 15.3. The number of nitrogens with zero attached hydrogens (tertiary/aromatic N) is 2. The van der Waals surface area contributed by atoms with Crippen LogP contribution in [0.5, 0.6) is 0 Å². The molecule has 1 N–H and O–H groups in total. The fourth-order valence-electron chi connectivity index (χ4n) is 3.96. The van der Waals surface area contributed by atoms with Gasteiger partial charge in [0.1, 0.15) is 0 Å². The van der Waals surface area contributed by atoms with Crippen LogP contribution in [0.3, 0.4) is 0 Å². The van der Waals surface area contributed by atoms with E-state index in [4.69, 9.17) is 0 Å². The monoisotopic (exact) mass is 267 g/mol. The number of likely N-dealkylation sites (tertiary alicyclic amines) is 1. The van der Waals surface area contributed by atoms with Crippen molar-refractivity contribution >= 4 is 0 Å². The standard InChI is InChI=1S/C16H33N3/c1-4-17-16-9-5-7-14(16)10-12-19(3)15-8-6-11-18(2)13-15/h14-17H,4-13H2,1-3H3. The number of hydrogen-bond donors (Lipinski definition) is 1. The summed E-state index contributed by atoms with van der Waals surface area (Å²) in [6.07, 6.45) is 8.41. The SMILES string of the molecule is CCNC1CCCC1CCN(C)C1CCCN(C)C1. The molecular weight excluding hydrogens is 234 g/mol. The number of nitrogens with one attached hydrogen (secondary N) is 1. The molecule has 1 aliphatic heterocycles. The van der Waals surface area contributed by atoms with Gasteiger partial charge in [0.25, 0.3) is 0 Å². The van der Waals surface area contributed by atoms with E-state index in [-0.39, 0.29) is 0 Å². The third-order valence-electron chi connectivity index (χ3n) is 5.20. The summed E-state index contributed by atoms with van der Waals surface area (Å²) in [5.74, 6) is 0.920. The van der Waals surface area contributed by atoms with Crippen molar-refractivity contribution in [1.29, 1.82) is 0 Å². The van der Waals surface area contributed by atoms with E-state index >= 15 is 0 Å². The van der Waals surface area contributed by atoms with Crippen LogP contribution in [0.1, 0.15) is 45.4 Å². The van der Waals surface area contributed by atoms with Crippen LogP contribution in [0.15, 0.2) is 0 Å². The lowest BCUT2D eigenvalue weighted by atomic mass is 9.98. The molecule has 3 unspecified atom stereocenters. The second-order valence-electron chi connectivity index (χ2n) is 6.68. The van der Waals surface area contributed by atoms with Crippen LogP contribution in [0.4, 0.5) is 0 Å². The summed E-state index contributed by atoms with van der Waals surface area (Å²) >= 11 is 0. The fraction of sp³-hybridized carbons (Fsp3) is 1.00. The van der Waals surface area contributed by atoms with Gasteiger partial charge in [-0.25, -0.2) is 0 Å². The highest BCUT2D eigenvalue weighted by atomic mass is 15.2. The minimum Gasteiger partial charge on any atom is -0.314 e. The summed E-state index contributed by atoms with van der Waals surface area (Å²) in [6, 6.07) is 1.59. The van der Waals surface area contributed by atoms with Gasteiger partial charge in [-0.3, -0.25) is 0 Å². The molecule has 2 aliphatic rings. The molecule has 0 amide bonds. The molecule has 0 spiro atoms. The van der Waals surface area contributed by atoms with Gasteiger partial charge in [-0.1, -0.05) is 13.3 Å². The maximum absolute atomic E-state index is 3.68. The summed E-state index contributed by atoms with van der Waals surface area (Å²) in [6.45, 7) is 7.20. The molecule has 0 aromatic carbocycles. The lowest BCUT2D eigenvalue weighted by Crippen LogP contribution is -2.45. The zero-order valence-corrected chi connectivity index (χ0v) is 13.2. The number of piperidine rings is 1. The lowest BCUT2D eigenvalue weighted by Gasteiger charge is -2.36. The van der Waals surface area contributed by atoms with E-state index in [0.29, 0.717) is 0 Å². The summed E-state index contributed by atoms with van der Waals surface area (Å²) in [5, 5.41) is 3.68. The third-order valence-corrected chi connectivity index (χ3v) is 5.20. The maximum atomic E-state index is 3.68. The molecule has 1 saturated carbocycles. The predicted octanol–water partition coefficient (Wildman–Crippen LogP) is 2.18. The quantitative estimate of drug-likeness (QED) is 0.796. The largest absolute Gasteiger partial charge is 0.314 e. The van der Waals surface area contributed by atoms with Gasteiger partial charge in [-0.15, -0.1) is 0 Å². The first-order chi connectivity index (χ1) is 9.20. The van der Waals surface area contributed by atoms with Gasteiger partial charge in [-0.2, -0.15) is 0 Å². The van der Waals surface area contributed by atoms with Crippen molar-refractivity contribution < 1.29 is 0 Å². The van der Waals surface area contributed by atoms with Gasteiger partial charge in [0, 0.05) is 18.6 Å². The highest BCUT2D eigenvalue weighted by molar-refractivity contribution is 4.84. The Morgan fingerprint density at radius 1 is 1.21 bits per heavy atom. The van der Waals surface area contributed by atoms with Crippen LogP contribution in [-0.2, 0) is 0 Å². The van der Waals surface area contributed by atoms with Gasteiger partial charge in [0.2, 0.25) is 0 Å². The van der Waals surface area contributed by atoms with Crippen molar-refractivity contribution in [3.63, 3.8) is 0 Å². The maximum Gasteiger partial charge on any atom is 0.0220 e. The first-order valence-electron chi connectivity index (χ1n) is 8.33. The zero-order valence-electron chi connectivity index (χ0n) is 13.2. The van der Waals surface area contributed by atoms with Gasteiger partial charge in [-0.05, 0) is 71.8 Å². The normalized spacial score (nSPS) is 33.2. The van der Waals surface area contributed by atoms with Crippen molar-refractivity contribution in [1.82, 2.24) is 15.1 Å². The van der Waals surface area contributed by atoms with Gasteiger partial charge >= 0.3 is 0 Å². The molecule has 1 aliphatic carbocycles. The Hall–Kier alpha value is -0.120. The summed E-state index contributed by atoms with van der Waals surface area (Å²) in [4.78, 5) is 5.11. The smallest absolute Gasteiger partial charge is 0.0220 e. The van der Waals surface area contributed by atoms with E-state index < -0.39 is 0 Å². The Labute approximate surface area is 119 Å². The molecule has 112 valence electrons. The summed E-state index contributed by atoms with van der Waals surface area (Å²) in [5.41, 5.74) is 0. The molecule has 2 fully saturated rings. The van der Waals surface area contributed by atoms with E-state index in [1.807, 2.05) is 0 Å².